The van der Waals surface area contributed by atoms with Gasteiger partial charge in [0.05, 0.1) is 33.4 Å². The van der Waals surface area contributed by atoms with Crippen LogP contribution in [0.1, 0.15) is 44.7 Å². The van der Waals surface area contributed by atoms with E-state index in [4.69, 9.17) is 14.2 Å². The molecule has 0 spiro atoms. The first kappa shape index (κ1) is 28.3. The van der Waals surface area contributed by atoms with Gasteiger partial charge in [-0.1, -0.05) is 13.0 Å². The largest absolute Gasteiger partial charge is 0.481 e. The van der Waals surface area contributed by atoms with Gasteiger partial charge < -0.3 is 24.0 Å². The maximum Gasteiger partial charge on any atom is 0.369 e. The highest BCUT2D eigenvalue weighted by atomic mass is 32.2. The molecule has 190 valence electrons. The first-order chi connectivity index (χ1) is 16.6. The Morgan fingerprint density at radius 2 is 1.77 bits per heavy atom. The highest BCUT2D eigenvalue weighted by Crippen LogP contribution is 2.51. The fourth-order valence-electron chi connectivity index (χ4n) is 3.85. The van der Waals surface area contributed by atoms with Crippen molar-refractivity contribution in [2.24, 2.45) is 0 Å². The summed E-state index contributed by atoms with van der Waals surface area (Å²) < 4.78 is 14.7. The molecule has 1 saturated heterocycles. The van der Waals surface area contributed by atoms with Gasteiger partial charge in [0.15, 0.2) is 9.74 Å². The fourth-order valence-corrected chi connectivity index (χ4v) is 5.76. The highest BCUT2D eigenvalue weighted by Gasteiger charge is 2.64. The average molecular weight is 525 g/mol. The third-order valence-corrected chi connectivity index (χ3v) is 8.20. The number of rotatable bonds is 8. The van der Waals surface area contributed by atoms with Crippen LogP contribution in [0.25, 0.3) is 0 Å². The second kappa shape index (κ2) is 11.6. The van der Waals surface area contributed by atoms with E-state index in [1.807, 2.05) is 13.0 Å². The smallest absolute Gasteiger partial charge is 0.369 e. The van der Waals surface area contributed by atoms with Crippen LogP contribution in [0, 0.1) is 11.3 Å². The van der Waals surface area contributed by atoms with E-state index in [1.165, 1.54) is 46.4 Å². The van der Waals surface area contributed by atoms with E-state index in [9.17, 15) is 24.4 Å². The third-order valence-electron chi connectivity index (χ3n) is 5.78. The number of hydrogen-bond acceptors (Lipinski definition) is 11. The number of nitriles is 1. The van der Waals surface area contributed by atoms with Gasteiger partial charge >= 0.3 is 10.6 Å². The Morgan fingerprint density at radius 3 is 2.26 bits per heavy atom. The first-order valence-electron chi connectivity index (χ1n) is 10.6. The molecule has 1 aromatic heterocycles. The molecule has 0 bridgehead atoms. The van der Waals surface area contributed by atoms with Gasteiger partial charge in [0.25, 0.3) is 11.8 Å². The Balaban J connectivity index is 2.80. The molecule has 0 N–H and O–H groups in total. The molecule has 3 atom stereocenters. The monoisotopic (exact) mass is 524 g/mol. The molecule has 2 rings (SSSR count). The van der Waals surface area contributed by atoms with Gasteiger partial charge in [-0.3, -0.25) is 9.59 Å². The van der Waals surface area contributed by atoms with Gasteiger partial charge in [0.2, 0.25) is 5.88 Å². The van der Waals surface area contributed by atoms with Crippen molar-refractivity contribution in [2.75, 3.05) is 28.4 Å². The van der Waals surface area contributed by atoms with Crippen molar-refractivity contribution in [3.63, 3.8) is 0 Å². The topological polar surface area (TPSA) is 139 Å². The molecular weight excluding hydrogens is 496 g/mol. The van der Waals surface area contributed by atoms with Crippen molar-refractivity contribution in [3.8, 4) is 11.9 Å². The number of methoxy groups -OCH3 is 3. The summed E-state index contributed by atoms with van der Waals surface area (Å²) >= 11 is 1.09. The summed E-state index contributed by atoms with van der Waals surface area (Å²) in [6.07, 6.45) is 1.60. The summed E-state index contributed by atoms with van der Waals surface area (Å²) in [5, 5.41) is 7.78. The summed E-state index contributed by atoms with van der Waals surface area (Å²) in [6, 6.07) is 4.59. The maximum atomic E-state index is 14.2. The van der Waals surface area contributed by atoms with E-state index in [0.717, 1.165) is 4.90 Å². The van der Waals surface area contributed by atoms with E-state index in [-0.39, 0.29) is 12.8 Å². The molecule has 0 aliphatic carbocycles. The quantitative estimate of drug-likeness (QED) is 0.461. The van der Waals surface area contributed by atoms with Crippen LogP contribution in [0.5, 0.6) is 5.88 Å². The zero-order valence-corrected chi connectivity index (χ0v) is 22.0. The Morgan fingerprint density at radius 1 is 1.14 bits per heavy atom. The molecule has 2 heterocycles. The minimum absolute atomic E-state index is 0.120. The summed E-state index contributed by atoms with van der Waals surface area (Å²) in [5.74, 6) is -0.872. The van der Waals surface area contributed by atoms with Gasteiger partial charge in [-0.25, -0.2) is 14.6 Å². The van der Waals surface area contributed by atoms with Crippen LogP contribution in [0.4, 0.5) is 9.59 Å². The minimum atomic E-state index is -1.80. The Kier molecular flexibility index (Phi) is 9.39. The van der Waals surface area contributed by atoms with Gasteiger partial charge in [-0.2, -0.15) is 5.26 Å². The number of carbonyl (C=O) groups excluding carboxylic acids is 4. The van der Waals surface area contributed by atoms with Crippen LogP contribution >= 0.6 is 23.5 Å². The summed E-state index contributed by atoms with van der Waals surface area (Å²) in [4.78, 5) is 56.1. The van der Waals surface area contributed by atoms with E-state index in [1.54, 1.807) is 12.1 Å². The molecule has 0 radical (unpaired) electrons. The molecule has 0 saturated carbocycles. The lowest BCUT2D eigenvalue weighted by atomic mass is 9.94. The second-order valence-corrected chi connectivity index (χ2v) is 10.2. The van der Waals surface area contributed by atoms with Crippen LogP contribution in [-0.4, -0.2) is 75.3 Å². The van der Waals surface area contributed by atoms with Crippen LogP contribution in [0.2, 0.25) is 0 Å². The number of hydrogen-bond donors (Lipinski definition) is 0. The molecular formula is C22H28N4O7S2. The van der Waals surface area contributed by atoms with Gasteiger partial charge in [0, 0.05) is 32.2 Å². The van der Waals surface area contributed by atoms with E-state index in [2.05, 4.69) is 4.98 Å². The lowest BCUT2D eigenvalue weighted by molar-refractivity contribution is -0.167. The second-order valence-electron chi connectivity index (χ2n) is 7.64. The number of carbonyl (C=O) groups is 4. The lowest BCUT2D eigenvalue weighted by Crippen LogP contribution is -2.73. The number of thioether (sulfide) groups is 2. The van der Waals surface area contributed by atoms with E-state index in [0.29, 0.717) is 41.4 Å². The molecule has 11 nitrogen and oxygen atoms in total. The molecule has 1 aliphatic rings. The van der Waals surface area contributed by atoms with Crippen LogP contribution < -0.4 is 4.74 Å². The van der Waals surface area contributed by atoms with Crippen molar-refractivity contribution >= 4 is 45.9 Å². The highest BCUT2D eigenvalue weighted by molar-refractivity contribution is 8.15. The minimum Gasteiger partial charge on any atom is -0.481 e. The molecule has 13 heteroatoms. The lowest BCUT2D eigenvalue weighted by Gasteiger charge is -2.55. The predicted molar refractivity (Wildman–Crippen MR) is 129 cm³/mol. The van der Waals surface area contributed by atoms with Crippen molar-refractivity contribution in [1.29, 1.82) is 5.26 Å². The Bertz CT molecular complexity index is 1020. The maximum absolute atomic E-state index is 14.2. The predicted octanol–water partition coefficient (Wildman–Crippen LogP) is 3.56. The number of nitrogens with zero attached hydrogens (tertiary/aromatic N) is 4. The molecule has 1 aliphatic heterocycles. The molecule has 1 aromatic rings. The van der Waals surface area contributed by atoms with Crippen molar-refractivity contribution in [3.05, 3.63) is 23.9 Å². The van der Waals surface area contributed by atoms with Gasteiger partial charge in [-0.15, -0.1) is 0 Å². The molecule has 0 aromatic carbocycles. The third kappa shape index (κ3) is 5.33. The number of ether oxygens (including phenoxy) is 3. The zero-order valence-electron chi connectivity index (χ0n) is 20.4. The Hall–Kier alpha value is -2.98. The van der Waals surface area contributed by atoms with Crippen molar-refractivity contribution in [1.82, 2.24) is 14.8 Å². The number of pyridine rings is 1. The summed E-state index contributed by atoms with van der Waals surface area (Å²) in [5.41, 5.74) is 0.580. The number of piperazine rings is 1. The zero-order chi connectivity index (χ0) is 26.4. The molecule has 2 amide bonds. The van der Waals surface area contributed by atoms with Gasteiger partial charge in [0.1, 0.15) is 0 Å². The molecule has 35 heavy (non-hydrogen) atoms. The van der Waals surface area contributed by atoms with E-state index < -0.39 is 38.2 Å². The standard InChI is InChI=1S/C22H28N4O7S2/c1-7-15(14-9-10-16(31-4)24-13-14)26-17(27)21(2,34-19(29)32-5)25(3)18(28)22(26,11-8-12-23)35-20(30)33-6/h9-10,13,15H,7-8,11H2,1-6H3/t15?,21-,22?/m0/s1. The van der Waals surface area contributed by atoms with E-state index >= 15 is 0 Å². The van der Waals surface area contributed by atoms with Crippen LogP contribution in [0.15, 0.2) is 18.3 Å². The fraction of sp³-hybridized carbons (Fsp3) is 0.545. The number of aromatic nitrogens is 1. The molecule has 1 fully saturated rings. The first-order valence-corrected chi connectivity index (χ1v) is 12.2. The van der Waals surface area contributed by atoms with Crippen LogP contribution in [0.3, 0.4) is 0 Å². The van der Waals surface area contributed by atoms with Crippen LogP contribution in [-0.2, 0) is 19.1 Å². The normalized spacial score (nSPS) is 22.9. The van der Waals surface area contributed by atoms with Crippen molar-refractivity contribution < 1.29 is 33.4 Å². The molecule has 2 unspecified atom stereocenters. The summed E-state index contributed by atoms with van der Waals surface area (Å²) in [7, 11) is 5.19. The number of amides is 2. The van der Waals surface area contributed by atoms with Crippen molar-refractivity contribution in [2.45, 2.75) is 48.9 Å². The average Bonchev–Trinajstić information content (AvgIpc) is 2.87. The SMILES string of the molecule is CCC(c1ccc(OC)nc1)N1C(=O)[C@](C)(SC(=O)OC)N(C)C(=O)C1(CCC#N)SC(=O)OC. The summed E-state index contributed by atoms with van der Waals surface area (Å²) in [6.45, 7) is 3.26. The number of likely N-dealkylation sites (N-methyl/N-ethyl adjacent to an activating group) is 1. The van der Waals surface area contributed by atoms with Gasteiger partial charge in [-0.05, 0) is 42.4 Å². The Labute approximate surface area is 212 Å².